The molecule has 1 aromatic rings. The third kappa shape index (κ3) is 2.32. The minimum atomic E-state index is -0.793. The van der Waals surface area contributed by atoms with Crippen molar-refractivity contribution in [3.8, 4) is 0 Å². The molecule has 4 nitrogen and oxygen atoms in total. The number of aromatic nitrogens is 1. The van der Waals surface area contributed by atoms with E-state index in [1.165, 1.54) is 6.42 Å². The molecule has 0 amide bonds. The Bertz CT molecular complexity index is 508. The fourth-order valence-corrected chi connectivity index (χ4v) is 3.54. The molecule has 20 heavy (non-hydrogen) atoms. The molecule has 3 heterocycles. The van der Waals surface area contributed by atoms with Gasteiger partial charge >= 0.3 is 0 Å². The van der Waals surface area contributed by atoms with Crippen molar-refractivity contribution in [1.82, 2.24) is 9.88 Å². The summed E-state index contributed by atoms with van der Waals surface area (Å²) in [4.78, 5) is 8.20. The molecule has 0 spiro atoms. The molecule has 2 atom stereocenters. The highest BCUT2D eigenvalue weighted by molar-refractivity contribution is 5.47. The van der Waals surface area contributed by atoms with Gasteiger partial charge in [-0.1, -0.05) is 0 Å². The van der Waals surface area contributed by atoms with Gasteiger partial charge in [0.05, 0.1) is 0 Å². The van der Waals surface area contributed by atoms with Crippen LogP contribution in [0.15, 0.2) is 6.07 Å². The van der Waals surface area contributed by atoms with Crippen LogP contribution >= 0.6 is 0 Å². The molecule has 0 aromatic carbocycles. The summed E-state index contributed by atoms with van der Waals surface area (Å²) < 4.78 is 27.1. The molecule has 0 radical (unpaired) electrons. The van der Waals surface area contributed by atoms with Crippen molar-refractivity contribution in [1.29, 1.82) is 0 Å². The molecule has 0 saturated carbocycles. The van der Waals surface area contributed by atoms with E-state index in [0.29, 0.717) is 12.0 Å². The fourth-order valence-electron chi connectivity index (χ4n) is 3.54. The second-order valence-electron chi connectivity index (χ2n) is 5.85. The van der Waals surface area contributed by atoms with E-state index in [9.17, 15) is 8.78 Å². The molecule has 2 unspecified atom stereocenters. The van der Waals surface area contributed by atoms with Crippen LogP contribution in [0.2, 0.25) is 0 Å². The number of nitrogen functional groups attached to an aromatic ring is 1. The van der Waals surface area contributed by atoms with E-state index in [0.717, 1.165) is 38.5 Å². The Morgan fingerprint density at radius 1 is 1.25 bits per heavy atom. The minimum Gasteiger partial charge on any atom is -0.381 e. The van der Waals surface area contributed by atoms with Crippen molar-refractivity contribution in [3.63, 3.8) is 0 Å². The maximum atomic E-state index is 13.9. The zero-order valence-electron chi connectivity index (χ0n) is 11.6. The molecule has 3 rings (SSSR count). The first-order valence-corrected chi connectivity index (χ1v) is 7.13. The predicted octanol–water partition coefficient (Wildman–Crippen LogP) is 1.86. The normalized spacial score (nSPS) is 27.4. The van der Waals surface area contributed by atoms with Gasteiger partial charge in [-0.2, -0.15) is 0 Å². The Labute approximate surface area is 117 Å². The van der Waals surface area contributed by atoms with Gasteiger partial charge in [0.15, 0.2) is 23.3 Å². The summed E-state index contributed by atoms with van der Waals surface area (Å²) >= 11 is 0. The molecule has 110 valence electrons. The van der Waals surface area contributed by atoms with Crippen LogP contribution in [0.3, 0.4) is 0 Å². The second kappa shape index (κ2) is 5.16. The molecule has 2 aliphatic rings. The van der Waals surface area contributed by atoms with Crippen LogP contribution in [-0.4, -0.2) is 42.6 Å². The lowest BCUT2D eigenvalue weighted by molar-refractivity contribution is 0.102. The quantitative estimate of drug-likeness (QED) is 0.854. The summed E-state index contributed by atoms with van der Waals surface area (Å²) in [6.45, 7) is 2.64. The number of nitrogens with zero attached hydrogens (tertiary/aromatic N) is 3. The van der Waals surface area contributed by atoms with Crippen molar-refractivity contribution in [2.24, 2.45) is 5.92 Å². The van der Waals surface area contributed by atoms with Crippen LogP contribution in [0.5, 0.6) is 0 Å². The highest BCUT2D eigenvalue weighted by atomic mass is 19.1. The Morgan fingerprint density at radius 2 is 2.05 bits per heavy atom. The lowest BCUT2D eigenvalue weighted by Crippen LogP contribution is -2.53. The highest BCUT2D eigenvalue weighted by Gasteiger charge is 2.35. The Hall–Kier alpha value is -1.43. The minimum absolute atomic E-state index is 0.190. The molecule has 6 heteroatoms. The summed E-state index contributed by atoms with van der Waals surface area (Å²) in [6, 6.07) is 1.40. The van der Waals surface area contributed by atoms with Gasteiger partial charge in [-0.15, -0.1) is 0 Å². The summed E-state index contributed by atoms with van der Waals surface area (Å²) in [5.74, 6) is -0.937. The zero-order chi connectivity index (χ0) is 14.3. The first-order chi connectivity index (χ1) is 9.56. The Balaban J connectivity index is 1.81. The topological polar surface area (TPSA) is 45.4 Å². The monoisotopic (exact) mass is 282 g/mol. The molecule has 2 N–H and O–H groups in total. The van der Waals surface area contributed by atoms with Crippen molar-refractivity contribution >= 4 is 11.6 Å². The summed E-state index contributed by atoms with van der Waals surface area (Å²) in [5, 5.41) is 0. The van der Waals surface area contributed by atoms with Crippen molar-refractivity contribution in [2.75, 3.05) is 37.3 Å². The molecule has 0 aliphatic carbocycles. The lowest BCUT2D eigenvalue weighted by atomic mass is 9.84. The van der Waals surface area contributed by atoms with Crippen LogP contribution in [0.1, 0.15) is 19.3 Å². The van der Waals surface area contributed by atoms with Gasteiger partial charge < -0.3 is 15.5 Å². The molecule has 1 aromatic heterocycles. The number of fused-ring (bicyclic) bond motifs is 1. The van der Waals surface area contributed by atoms with Crippen molar-refractivity contribution in [3.05, 3.63) is 17.7 Å². The van der Waals surface area contributed by atoms with Gasteiger partial charge in [0.25, 0.3) is 0 Å². The van der Waals surface area contributed by atoms with Gasteiger partial charge in [0.2, 0.25) is 0 Å². The number of rotatable bonds is 1. The number of hydrogen-bond donors (Lipinski definition) is 1. The van der Waals surface area contributed by atoms with Crippen LogP contribution in [0, 0.1) is 17.6 Å². The van der Waals surface area contributed by atoms with E-state index in [1.54, 1.807) is 0 Å². The first kappa shape index (κ1) is 13.5. The van der Waals surface area contributed by atoms with Crippen LogP contribution in [0.25, 0.3) is 0 Å². The smallest absolute Gasteiger partial charge is 0.168 e. The molecule has 2 fully saturated rings. The van der Waals surface area contributed by atoms with E-state index >= 15 is 0 Å². The third-order valence-corrected chi connectivity index (χ3v) is 4.58. The average molecular weight is 282 g/mol. The standard InChI is InChI=1S/C14H20F2N4/c1-19-5-2-3-9-8-20(6-4-12(9)19)14-11(16)7-10(15)13(17)18-14/h7,9,12H,2-6,8H2,1H3,(H2,17,18). The van der Waals surface area contributed by atoms with Crippen molar-refractivity contribution < 1.29 is 8.78 Å². The molecule has 0 bridgehead atoms. The number of pyridine rings is 1. The molecular weight excluding hydrogens is 262 g/mol. The Morgan fingerprint density at radius 3 is 2.85 bits per heavy atom. The van der Waals surface area contributed by atoms with E-state index in [2.05, 4.69) is 16.9 Å². The number of nitrogens with two attached hydrogens (primary N) is 1. The fraction of sp³-hybridized carbons (Fsp3) is 0.643. The van der Waals surface area contributed by atoms with Gasteiger partial charge in [-0.3, -0.25) is 0 Å². The van der Waals surface area contributed by atoms with E-state index < -0.39 is 11.6 Å². The summed E-state index contributed by atoms with van der Waals surface area (Å²) in [7, 11) is 2.15. The maximum Gasteiger partial charge on any atom is 0.168 e. The predicted molar refractivity (Wildman–Crippen MR) is 74.5 cm³/mol. The first-order valence-electron chi connectivity index (χ1n) is 7.13. The lowest BCUT2D eigenvalue weighted by Gasteiger charge is -2.46. The van der Waals surface area contributed by atoms with Crippen LogP contribution in [-0.2, 0) is 0 Å². The van der Waals surface area contributed by atoms with Crippen LogP contribution in [0.4, 0.5) is 20.4 Å². The number of likely N-dealkylation sites (tertiary alicyclic amines) is 1. The van der Waals surface area contributed by atoms with Gasteiger partial charge in [0.1, 0.15) is 0 Å². The Kier molecular flexibility index (Phi) is 3.50. The van der Waals surface area contributed by atoms with E-state index in [1.807, 2.05) is 4.90 Å². The van der Waals surface area contributed by atoms with Gasteiger partial charge in [0, 0.05) is 25.2 Å². The number of halogens is 2. The molecule has 2 aliphatic heterocycles. The summed E-state index contributed by atoms with van der Waals surface area (Å²) in [5.41, 5.74) is 5.46. The van der Waals surface area contributed by atoms with E-state index in [-0.39, 0.29) is 11.6 Å². The van der Waals surface area contributed by atoms with E-state index in [4.69, 9.17) is 5.73 Å². The van der Waals surface area contributed by atoms with Crippen molar-refractivity contribution in [2.45, 2.75) is 25.3 Å². The number of hydrogen-bond acceptors (Lipinski definition) is 4. The molecule has 2 saturated heterocycles. The number of piperidine rings is 2. The van der Waals surface area contributed by atoms with Gasteiger partial charge in [-0.05, 0) is 38.8 Å². The highest BCUT2D eigenvalue weighted by Crippen LogP contribution is 2.32. The SMILES string of the molecule is CN1CCCC2CN(c3nc(N)c(F)cc3F)CCC21. The zero-order valence-corrected chi connectivity index (χ0v) is 11.6. The molecular formula is C14H20F2N4. The van der Waals surface area contributed by atoms with Crippen LogP contribution < -0.4 is 10.6 Å². The number of anilines is 2. The second-order valence-corrected chi connectivity index (χ2v) is 5.85. The third-order valence-electron chi connectivity index (χ3n) is 4.58. The summed E-state index contributed by atoms with van der Waals surface area (Å²) in [6.07, 6.45) is 3.32. The average Bonchev–Trinajstić information content (AvgIpc) is 2.43. The van der Waals surface area contributed by atoms with Gasteiger partial charge in [-0.25, -0.2) is 13.8 Å². The largest absolute Gasteiger partial charge is 0.381 e. The maximum absolute atomic E-state index is 13.9.